The first kappa shape index (κ1) is 18.5. The fraction of sp³-hybridized carbons (Fsp3) is 0.611. The van der Waals surface area contributed by atoms with Gasteiger partial charge in [-0.15, -0.1) is 0 Å². The molecule has 5 nitrogen and oxygen atoms in total. The maximum absolute atomic E-state index is 13.5. The van der Waals surface area contributed by atoms with Gasteiger partial charge in [-0.2, -0.15) is 0 Å². The van der Waals surface area contributed by atoms with E-state index in [0.717, 1.165) is 25.7 Å². The number of benzene rings is 1. The molecular weight excluding hydrogens is 311 g/mol. The highest BCUT2D eigenvalue weighted by molar-refractivity contribution is 5.73. The van der Waals surface area contributed by atoms with Crippen molar-refractivity contribution in [1.82, 2.24) is 10.2 Å². The van der Waals surface area contributed by atoms with E-state index in [9.17, 15) is 14.3 Å². The van der Waals surface area contributed by atoms with E-state index in [-0.39, 0.29) is 36.5 Å². The van der Waals surface area contributed by atoms with Crippen LogP contribution in [0.25, 0.3) is 0 Å². The van der Waals surface area contributed by atoms with Gasteiger partial charge in [-0.05, 0) is 31.9 Å². The van der Waals surface area contributed by atoms with Crippen LogP contribution in [0, 0.1) is 11.7 Å². The average Bonchev–Trinajstić information content (AvgIpc) is 2.56. The number of carbonyl (C=O) groups is 1. The number of rotatable bonds is 6. The summed E-state index contributed by atoms with van der Waals surface area (Å²) in [6, 6.07) is 5.99. The molecule has 3 atom stereocenters. The first-order valence-corrected chi connectivity index (χ1v) is 8.55. The van der Waals surface area contributed by atoms with Crippen LogP contribution in [0.5, 0.6) is 5.75 Å². The Morgan fingerprint density at radius 1 is 1.42 bits per heavy atom. The fourth-order valence-corrected chi connectivity index (χ4v) is 3.00. The Kier molecular flexibility index (Phi) is 6.85. The SMILES string of the molecule is CC(CNC(=O)N(C)CC1CCCCC1O)Oc1ccccc1F. The van der Waals surface area contributed by atoms with Gasteiger partial charge in [0.1, 0.15) is 6.10 Å². The Hall–Kier alpha value is -1.82. The van der Waals surface area contributed by atoms with Crippen LogP contribution in [0.2, 0.25) is 0 Å². The third-order valence-corrected chi connectivity index (χ3v) is 4.43. The van der Waals surface area contributed by atoms with E-state index in [2.05, 4.69) is 5.32 Å². The van der Waals surface area contributed by atoms with Gasteiger partial charge in [0.15, 0.2) is 11.6 Å². The molecule has 2 amide bonds. The van der Waals surface area contributed by atoms with Crippen molar-refractivity contribution in [2.45, 2.75) is 44.8 Å². The minimum atomic E-state index is -0.418. The molecule has 6 heteroatoms. The third kappa shape index (κ3) is 5.37. The Morgan fingerprint density at radius 3 is 2.83 bits per heavy atom. The summed E-state index contributed by atoms with van der Waals surface area (Å²) in [6.07, 6.45) is 3.25. The van der Waals surface area contributed by atoms with Crippen molar-refractivity contribution in [2.24, 2.45) is 5.92 Å². The molecule has 1 fully saturated rings. The van der Waals surface area contributed by atoms with Gasteiger partial charge in [0.05, 0.1) is 12.6 Å². The van der Waals surface area contributed by atoms with Crippen LogP contribution in [0.1, 0.15) is 32.6 Å². The highest BCUT2D eigenvalue weighted by Gasteiger charge is 2.25. The summed E-state index contributed by atoms with van der Waals surface area (Å²) in [4.78, 5) is 13.7. The van der Waals surface area contributed by atoms with Gasteiger partial charge in [0.2, 0.25) is 0 Å². The lowest BCUT2D eigenvalue weighted by molar-refractivity contribution is 0.0562. The van der Waals surface area contributed by atoms with Gasteiger partial charge in [-0.25, -0.2) is 9.18 Å². The first-order chi connectivity index (χ1) is 11.5. The molecule has 3 unspecified atom stereocenters. The molecule has 2 rings (SSSR count). The van der Waals surface area contributed by atoms with Crippen molar-refractivity contribution < 1.29 is 19.0 Å². The molecule has 0 aliphatic heterocycles. The zero-order valence-electron chi connectivity index (χ0n) is 14.4. The molecule has 0 bridgehead atoms. The highest BCUT2D eigenvalue weighted by Crippen LogP contribution is 2.24. The summed E-state index contributed by atoms with van der Waals surface area (Å²) in [7, 11) is 1.72. The second-order valence-electron chi connectivity index (χ2n) is 6.54. The topological polar surface area (TPSA) is 61.8 Å². The summed E-state index contributed by atoms with van der Waals surface area (Å²) in [5.74, 6) is -0.0985. The minimum absolute atomic E-state index is 0.140. The predicted molar refractivity (Wildman–Crippen MR) is 90.5 cm³/mol. The minimum Gasteiger partial charge on any atom is -0.486 e. The average molecular weight is 338 g/mol. The highest BCUT2D eigenvalue weighted by atomic mass is 19.1. The smallest absolute Gasteiger partial charge is 0.317 e. The van der Waals surface area contributed by atoms with E-state index in [4.69, 9.17) is 4.74 Å². The third-order valence-electron chi connectivity index (χ3n) is 4.43. The number of ether oxygens (including phenoxy) is 1. The van der Waals surface area contributed by atoms with Gasteiger partial charge >= 0.3 is 6.03 Å². The van der Waals surface area contributed by atoms with Crippen molar-refractivity contribution in [1.29, 1.82) is 0 Å². The number of para-hydroxylation sites is 1. The zero-order chi connectivity index (χ0) is 17.5. The van der Waals surface area contributed by atoms with E-state index in [1.807, 2.05) is 0 Å². The predicted octanol–water partition coefficient (Wildman–Crippen LogP) is 2.79. The number of urea groups is 1. The van der Waals surface area contributed by atoms with Gasteiger partial charge in [-0.3, -0.25) is 0 Å². The van der Waals surface area contributed by atoms with Crippen LogP contribution < -0.4 is 10.1 Å². The van der Waals surface area contributed by atoms with E-state index in [1.165, 1.54) is 6.07 Å². The number of hydrogen-bond donors (Lipinski definition) is 2. The number of nitrogens with one attached hydrogen (secondary N) is 1. The van der Waals surface area contributed by atoms with E-state index < -0.39 is 5.82 Å². The number of carbonyl (C=O) groups excluding carboxylic acids is 1. The number of nitrogens with zero attached hydrogens (tertiary/aromatic N) is 1. The molecule has 1 aromatic carbocycles. The molecule has 1 aliphatic carbocycles. The zero-order valence-corrected chi connectivity index (χ0v) is 14.4. The molecule has 2 N–H and O–H groups in total. The van der Waals surface area contributed by atoms with E-state index in [0.29, 0.717) is 6.54 Å². The molecule has 1 aliphatic rings. The molecular formula is C18H27FN2O3. The van der Waals surface area contributed by atoms with Gasteiger partial charge in [0.25, 0.3) is 0 Å². The number of amides is 2. The van der Waals surface area contributed by atoms with Crippen molar-refractivity contribution in [3.05, 3.63) is 30.1 Å². The van der Waals surface area contributed by atoms with Crippen LogP contribution in [0.4, 0.5) is 9.18 Å². The maximum atomic E-state index is 13.5. The molecule has 24 heavy (non-hydrogen) atoms. The quantitative estimate of drug-likeness (QED) is 0.838. The van der Waals surface area contributed by atoms with Crippen molar-refractivity contribution in [3.8, 4) is 5.75 Å². The standard InChI is InChI=1S/C18H27FN2O3/c1-13(24-17-10-6-4-8-15(17)19)11-20-18(23)21(2)12-14-7-3-5-9-16(14)22/h4,6,8,10,13-14,16,22H,3,5,7,9,11-12H2,1-2H3,(H,20,23). The van der Waals surface area contributed by atoms with E-state index in [1.54, 1.807) is 37.1 Å². The number of hydrogen-bond acceptors (Lipinski definition) is 3. The van der Waals surface area contributed by atoms with Gasteiger partial charge < -0.3 is 20.1 Å². The fourth-order valence-electron chi connectivity index (χ4n) is 3.00. The first-order valence-electron chi connectivity index (χ1n) is 8.55. The monoisotopic (exact) mass is 338 g/mol. The molecule has 0 radical (unpaired) electrons. The number of aliphatic hydroxyl groups is 1. The molecule has 1 saturated carbocycles. The summed E-state index contributed by atoms with van der Waals surface area (Å²) < 4.78 is 19.0. The van der Waals surface area contributed by atoms with Crippen LogP contribution in [0.3, 0.4) is 0 Å². The van der Waals surface area contributed by atoms with Gasteiger partial charge in [0, 0.05) is 19.5 Å². The molecule has 0 spiro atoms. The Morgan fingerprint density at radius 2 is 2.12 bits per heavy atom. The summed E-state index contributed by atoms with van der Waals surface area (Å²) >= 11 is 0. The molecule has 0 saturated heterocycles. The second-order valence-corrected chi connectivity index (χ2v) is 6.54. The summed E-state index contributed by atoms with van der Waals surface area (Å²) in [5.41, 5.74) is 0. The largest absolute Gasteiger partial charge is 0.486 e. The second kappa shape index (κ2) is 8.87. The van der Waals surface area contributed by atoms with Crippen LogP contribution in [-0.2, 0) is 0 Å². The lowest BCUT2D eigenvalue weighted by Crippen LogP contribution is -2.45. The van der Waals surface area contributed by atoms with Crippen LogP contribution in [0.15, 0.2) is 24.3 Å². The summed E-state index contributed by atoms with van der Waals surface area (Å²) in [6.45, 7) is 2.60. The Labute approximate surface area is 142 Å². The number of halogens is 1. The van der Waals surface area contributed by atoms with Crippen LogP contribution in [-0.4, -0.2) is 48.4 Å². The van der Waals surface area contributed by atoms with Crippen molar-refractivity contribution >= 4 is 6.03 Å². The molecule has 0 aromatic heterocycles. The summed E-state index contributed by atoms with van der Waals surface area (Å²) in [5, 5.41) is 12.8. The maximum Gasteiger partial charge on any atom is 0.317 e. The number of aliphatic hydroxyl groups excluding tert-OH is 1. The normalized spacial score (nSPS) is 21.8. The Bertz CT molecular complexity index is 541. The van der Waals surface area contributed by atoms with Crippen molar-refractivity contribution in [2.75, 3.05) is 20.1 Å². The Balaban J connectivity index is 1.74. The lowest BCUT2D eigenvalue weighted by atomic mass is 9.86. The van der Waals surface area contributed by atoms with E-state index >= 15 is 0 Å². The van der Waals surface area contributed by atoms with Crippen molar-refractivity contribution in [3.63, 3.8) is 0 Å². The molecule has 1 aromatic rings. The van der Waals surface area contributed by atoms with Crippen LogP contribution >= 0.6 is 0 Å². The molecule has 0 heterocycles. The van der Waals surface area contributed by atoms with Gasteiger partial charge in [-0.1, -0.05) is 25.0 Å². The lowest BCUT2D eigenvalue weighted by Gasteiger charge is -2.31. The molecule has 134 valence electrons.